The summed E-state index contributed by atoms with van der Waals surface area (Å²) in [7, 11) is 0. The number of benzene rings is 1. The van der Waals surface area contributed by atoms with Gasteiger partial charge in [-0.2, -0.15) is 0 Å². The van der Waals surface area contributed by atoms with Crippen LogP contribution in [0, 0.1) is 13.8 Å². The van der Waals surface area contributed by atoms with E-state index in [9.17, 15) is 9.90 Å². The molecule has 3 rings (SSSR count). The van der Waals surface area contributed by atoms with E-state index in [2.05, 4.69) is 9.97 Å². The summed E-state index contributed by atoms with van der Waals surface area (Å²) in [5, 5.41) is 11.7. The molecule has 0 spiro atoms. The number of ether oxygens (including phenoxy) is 1. The molecule has 0 radical (unpaired) electrons. The number of nitrogens with zero attached hydrogens (tertiary/aromatic N) is 3. The molecule has 2 aromatic rings. The van der Waals surface area contributed by atoms with Gasteiger partial charge in [-0.15, -0.1) is 0 Å². The SMILES string of the molecule is Cc1cc(OCC2(O)CCCN(C(=O)c3cncnc3)CC2)cc(C)c1Cl. The number of aromatic nitrogens is 2. The second kappa shape index (κ2) is 8.23. The highest BCUT2D eigenvalue weighted by Crippen LogP contribution is 2.28. The third-order valence-electron chi connectivity index (χ3n) is 4.93. The number of aliphatic hydroxyl groups is 1. The van der Waals surface area contributed by atoms with E-state index in [0.29, 0.717) is 43.7 Å². The van der Waals surface area contributed by atoms with Crippen molar-refractivity contribution in [3.05, 3.63) is 52.6 Å². The van der Waals surface area contributed by atoms with E-state index in [1.165, 1.54) is 18.7 Å². The third-order valence-corrected chi connectivity index (χ3v) is 5.53. The van der Waals surface area contributed by atoms with Gasteiger partial charge in [-0.1, -0.05) is 11.6 Å². The molecule has 1 aromatic heterocycles. The van der Waals surface area contributed by atoms with Crippen molar-refractivity contribution < 1.29 is 14.6 Å². The molecule has 1 aliphatic heterocycles. The zero-order valence-corrected chi connectivity index (χ0v) is 16.4. The maximum atomic E-state index is 12.6. The highest BCUT2D eigenvalue weighted by molar-refractivity contribution is 6.32. The first-order chi connectivity index (χ1) is 12.9. The average molecular weight is 390 g/mol. The molecule has 0 saturated carbocycles. The van der Waals surface area contributed by atoms with Crippen LogP contribution >= 0.6 is 11.6 Å². The quantitative estimate of drug-likeness (QED) is 0.869. The van der Waals surface area contributed by atoms with Crippen molar-refractivity contribution in [1.29, 1.82) is 0 Å². The number of hydrogen-bond acceptors (Lipinski definition) is 5. The molecule has 1 atom stereocenters. The Hall–Kier alpha value is -2.18. The predicted molar refractivity (Wildman–Crippen MR) is 103 cm³/mol. The third kappa shape index (κ3) is 4.76. The van der Waals surface area contributed by atoms with Crippen LogP contribution in [0.4, 0.5) is 0 Å². The Labute approximate surface area is 164 Å². The lowest BCUT2D eigenvalue weighted by molar-refractivity contribution is -0.0163. The van der Waals surface area contributed by atoms with Gasteiger partial charge in [0.05, 0.1) is 5.56 Å². The molecule has 6 nitrogen and oxygen atoms in total. The van der Waals surface area contributed by atoms with Crippen molar-refractivity contribution in [3.63, 3.8) is 0 Å². The number of amides is 1. The maximum absolute atomic E-state index is 12.6. The Bertz CT molecular complexity index is 792. The molecule has 1 aliphatic rings. The molecule has 7 heteroatoms. The number of carbonyl (C=O) groups excluding carboxylic acids is 1. The number of carbonyl (C=O) groups is 1. The lowest BCUT2D eigenvalue weighted by Gasteiger charge is -2.27. The van der Waals surface area contributed by atoms with E-state index in [1.807, 2.05) is 26.0 Å². The lowest BCUT2D eigenvalue weighted by Crippen LogP contribution is -2.38. The Morgan fingerprint density at radius 1 is 1.22 bits per heavy atom. The standard InChI is InChI=1S/C20H24ClN3O3/c1-14-8-17(9-15(2)18(14)21)27-12-20(26)4-3-6-24(7-5-20)19(25)16-10-22-13-23-11-16/h8-11,13,26H,3-7,12H2,1-2H3. The minimum absolute atomic E-state index is 0.107. The van der Waals surface area contributed by atoms with Crippen LogP contribution in [-0.2, 0) is 0 Å². The van der Waals surface area contributed by atoms with Crippen molar-refractivity contribution in [3.8, 4) is 5.75 Å². The molecule has 2 heterocycles. The summed E-state index contributed by atoms with van der Waals surface area (Å²) < 4.78 is 5.87. The van der Waals surface area contributed by atoms with Gasteiger partial charge in [-0.3, -0.25) is 4.79 Å². The summed E-state index contributed by atoms with van der Waals surface area (Å²) in [6.07, 6.45) is 6.17. The Kier molecular flexibility index (Phi) is 5.97. The second-order valence-electron chi connectivity index (χ2n) is 7.16. The van der Waals surface area contributed by atoms with Gasteiger partial charge in [-0.25, -0.2) is 9.97 Å². The number of rotatable bonds is 4. The normalized spacial score (nSPS) is 20.2. The lowest BCUT2D eigenvalue weighted by atomic mass is 9.96. The topological polar surface area (TPSA) is 75.6 Å². The summed E-state index contributed by atoms with van der Waals surface area (Å²) >= 11 is 6.19. The second-order valence-corrected chi connectivity index (χ2v) is 7.53. The van der Waals surface area contributed by atoms with E-state index >= 15 is 0 Å². The summed E-state index contributed by atoms with van der Waals surface area (Å²) in [6.45, 7) is 5.10. The van der Waals surface area contributed by atoms with Gasteiger partial charge in [0.15, 0.2) is 0 Å². The molecule has 27 heavy (non-hydrogen) atoms. The molecule has 1 saturated heterocycles. The fourth-order valence-electron chi connectivity index (χ4n) is 3.33. The zero-order chi connectivity index (χ0) is 19.4. The van der Waals surface area contributed by atoms with Gasteiger partial charge in [0.25, 0.3) is 5.91 Å². The highest BCUT2D eigenvalue weighted by Gasteiger charge is 2.32. The minimum atomic E-state index is -0.969. The first-order valence-electron chi connectivity index (χ1n) is 9.04. The van der Waals surface area contributed by atoms with Gasteiger partial charge in [0.1, 0.15) is 24.3 Å². The maximum Gasteiger partial charge on any atom is 0.256 e. The van der Waals surface area contributed by atoms with Gasteiger partial charge in [-0.05, 0) is 56.4 Å². The number of likely N-dealkylation sites (tertiary alicyclic amines) is 1. The van der Waals surface area contributed by atoms with Crippen molar-refractivity contribution in [2.45, 2.75) is 38.7 Å². The minimum Gasteiger partial charge on any atom is -0.491 e. The highest BCUT2D eigenvalue weighted by atomic mass is 35.5. The monoisotopic (exact) mass is 389 g/mol. The Morgan fingerprint density at radius 2 is 1.89 bits per heavy atom. The summed E-state index contributed by atoms with van der Waals surface area (Å²) in [5.74, 6) is 0.589. The average Bonchev–Trinajstić information content (AvgIpc) is 2.87. The van der Waals surface area contributed by atoms with Crippen LogP contribution < -0.4 is 4.74 Å². The molecule has 0 aliphatic carbocycles. The smallest absolute Gasteiger partial charge is 0.256 e. The van der Waals surface area contributed by atoms with Gasteiger partial charge in [0, 0.05) is 30.5 Å². The fourth-order valence-corrected chi connectivity index (χ4v) is 3.43. The molecule has 1 fully saturated rings. The van der Waals surface area contributed by atoms with Crippen LogP contribution in [0.25, 0.3) is 0 Å². The number of aryl methyl sites for hydroxylation is 2. The van der Waals surface area contributed by atoms with Crippen LogP contribution in [0.1, 0.15) is 40.7 Å². The number of hydrogen-bond donors (Lipinski definition) is 1. The van der Waals surface area contributed by atoms with Crippen LogP contribution in [0.15, 0.2) is 30.9 Å². The first-order valence-corrected chi connectivity index (χ1v) is 9.42. The Morgan fingerprint density at radius 3 is 2.56 bits per heavy atom. The van der Waals surface area contributed by atoms with Crippen LogP contribution in [0.2, 0.25) is 5.02 Å². The predicted octanol–water partition coefficient (Wildman–Crippen LogP) is 3.18. The molecule has 1 N–H and O–H groups in total. The fraction of sp³-hybridized carbons (Fsp3) is 0.450. The van der Waals surface area contributed by atoms with Crippen LogP contribution in [-0.4, -0.2) is 51.2 Å². The van der Waals surface area contributed by atoms with Crippen LogP contribution in [0.3, 0.4) is 0 Å². The van der Waals surface area contributed by atoms with Crippen LogP contribution in [0.5, 0.6) is 5.75 Å². The summed E-state index contributed by atoms with van der Waals surface area (Å²) in [6, 6.07) is 3.75. The molecule has 1 amide bonds. The summed E-state index contributed by atoms with van der Waals surface area (Å²) in [4.78, 5) is 22.1. The van der Waals surface area contributed by atoms with E-state index in [0.717, 1.165) is 16.1 Å². The van der Waals surface area contributed by atoms with Crippen molar-refractivity contribution in [2.75, 3.05) is 19.7 Å². The van der Waals surface area contributed by atoms with Gasteiger partial charge < -0.3 is 14.7 Å². The Balaban J connectivity index is 1.62. The summed E-state index contributed by atoms with van der Waals surface area (Å²) in [5.41, 5.74) is 1.39. The molecule has 0 bridgehead atoms. The van der Waals surface area contributed by atoms with Gasteiger partial charge >= 0.3 is 0 Å². The van der Waals surface area contributed by atoms with Crippen molar-refractivity contribution in [2.24, 2.45) is 0 Å². The molecule has 1 unspecified atom stereocenters. The molecular weight excluding hydrogens is 366 g/mol. The van der Waals surface area contributed by atoms with Crippen molar-refractivity contribution in [1.82, 2.24) is 14.9 Å². The van der Waals surface area contributed by atoms with Crippen molar-refractivity contribution >= 4 is 17.5 Å². The van der Waals surface area contributed by atoms with E-state index in [4.69, 9.17) is 16.3 Å². The van der Waals surface area contributed by atoms with E-state index in [-0.39, 0.29) is 12.5 Å². The molecule has 1 aromatic carbocycles. The van der Waals surface area contributed by atoms with E-state index in [1.54, 1.807) is 4.90 Å². The molecular formula is C20H24ClN3O3. The largest absolute Gasteiger partial charge is 0.491 e. The number of halogens is 1. The first kappa shape index (κ1) is 19.6. The van der Waals surface area contributed by atoms with Gasteiger partial charge in [0.2, 0.25) is 0 Å². The van der Waals surface area contributed by atoms with E-state index < -0.39 is 5.60 Å². The molecule has 144 valence electrons. The zero-order valence-electron chi connectivity index (χ0n) is 15.6.